The molecule has 3 aromatic carbocycles. The van der Waals surface area contributed by atoms with Gasteiger partial charge in [0.1, 0.15) is 0 Å². The molecular formula is C26H24N4O2. The van der Waals surface area contributed by atoms with Crippen LogP contribution in [0.5, 0.6) is 0 Å². The van der Waals surface area contributed by atoms with Gasteiger partial charge >= 0.3 is 0 Å². The predicted molar refractivity (Wildman–Crippen MR) is 125 cm³/mol. The maximum atomic E-state index is 13.1. The monoisotopic (exact) mass is 424 g/mol. The first kappa shape index (κ1) is 20.0. The second-order valence-corrected chi connectivity index (χ2v) is 8.06. The third-order valence-electron chi connectivity index (χ3n) is 6.03. The minimum absolute atomic E-state index is 0.0299. The highest BCUT2D eigenvalue weighted by Crippen LogP contribution is 2.24. The lowest BCUT2D eigenvalue weighted by atomic mass is 9.95. The van der Waals surface area contributed by atoms with Crippen molar-refractivity contribution in [2.75, 3.05) is 18.4 Å². The number of nitrogens with zero attached hydrogens (tertiary/aromatic N) is 3. The second kappa shape index (κ2) is 8.67. The lowest BCUT2D eigenvalue weighted by Gasteiger charge is -2.31. The molecule has 6 heteroatoms. The highest BCUT2D eigenvalue weighted by molar-refractivity contribution is 6.07. The molecule has 160 valence electrons. The van der Waals surface area contributed by atoms with Gasteiger partial charge in [-0.2, -0.15) is 5.10 Å². The van der Waals surface area contributed by atoms with Crippen LogP contribution in [0.4, 0.5) is 5.82 Å². The Morgan fingerprint density at radius 1 is 0.844 bits per heavy atom. The molecule has 1 aliphatic rings. The van der Waals surface area contributed by atoms with Crippen LogP contribution in [0.2, 0.25) is 0 Å². The molecule has 1 N–H and O–H groups in total. The van der Waals surface area contributed by atoms with E-state index >= 15 is 0 Å². The summed E-state index contributed by atoms with van der Waals surface area (Å²) in [6.45, 7) is 1.14. The van der Waals surface area contributed by atoms with Crippen molar-refractivity contribution >= 4 is 28.4 Å². The first-order valence-corrected chi connectivity index (χ1v) is 10.9. The summed E-state index contributed by atoms with van der Waals surface area (Å²) in [6, 6.07) is 25.3. The second-order valence-electron chi connectivity index (χ2n) is 8.06. The average molecular weight is 425 g/mol. The maximum absolute atomic E-state index is 13.1. The van der Waals surface area contributed by atoms with Gasteiger partial charge in [0.25, 0.3) is 5.91 Å². The Kier molecular flexibility index (Phi) is 5.42. The van der Waals surface area contributed by atoms with Crippen molar-refractivity contribution in [2.45, 2.75) is 12.8 Å². The standard InChI is InChI=1S/C26H24N4O2/c31-25(27-24-15-18-30(28-24)21-9-2-1-3-10-21)20-13-16-29(17-14-20)26(32)23-12-6-8-19-7-4-5-11-22(19)23/h1-12,15,18,20H,13-14,16-17H2,(H,27,28,31). The Balaban J connectivity index is 1.21. The number of carbonyl (C=O) groups excluding carboxylic acids is 2. The zero-order chi connectivity index (χ0) is 21.9. The van der Waals surface area contributed by atoms with E-state index in [0.717, 1.165) is 22.0 Å². The van der Waals surface area contributed by atoms with Crippen LogP contribution in [-0.2, 0) is 4.79 Å². The number of benzene rings is 3. The quantitative estimate of drug-likeness (QED) is 0.524. The third kappa shape index (κ3) is 3.99. The molecule has 5 rings (SSSR count). The third-order valence-corrected chi connectivity index (χ3v) is 6.03. The van der Waals surface area contributed by atoms with E-state index < -0.39 is 0 Å². The van der Waals surface area contributed by atoms with Gasteiger partial charge in [0, 0.05) is 36.8 Å². The number of para-hydroxylation sites is 1. The normalized spacial score (nSPS) is 14.4. The van der Waals surface area contributed by atoms with Gasteiger partial charge in [0.15, 0.2) is 5.82 Å². The molecule has 0 bridgehead atoms. The molecule has 1 fully saturated rings. The Morgan fingerprint density at radius 2 is 1.56 bits per heavy atom. The van der Waals surface area contributed by atoms with Crippen LogP contribution in [0.25, 0.3) is 16.5 Å². The number of piperidine rings is 1. The number of amides is 2. The number of rotatable bonds is 4. The fourth-order valence-corrected chi connectivity index (χ4v) is 4.27. The molecule has 32 heavy (non-hydrogen) atoms. The summed E-state index contributed by atoms with van der Waals surface area (Å²) in [7, 11) is 0. The van der Waals surface area contributed by atoms with Crippen molar-refractivity contribution in [3.8, 4) is 5.69 Å². The van der Waals surface area contributed by atoms with Crippen LogP contribution in [0.15, 0.2) is 85.1 Å². The molecule has 0 aliphatic carbocycles. The lowest BCUT2D eigenvalue weighted by molar-refractivity contribution is -0.121. The molecule has 2 amide bonds. The number of fused-ring (bicyclic) bond motifs is 1. The largest absolute Gasteiger partial charge is 0.339 e. The average Bonchev–Trinajstić information content (AvgIpc) is 3.32. The molecule has 6 nitrogen and oxygen atoms in total. The van der Waals surface area contributed by atoms with Gasteiger partial charge in [0.2, 0.25) is 5.91 Å². The van der Waals surface area contributed by atoms with Gasteiger partial charge in [-0.25, -0.2) is 4.68 Å². The van der Waals surface area contributed by atoms with Crippen molar-refractivity contribution in [1.82, 2.24) is 14.7 Å². The van der Waals surface area contributed by atoms with Crippen molar-refractivity contribution < 1.29 is 9.59 Å². The van der Waals surface area contributed by atoms with Gasteiger partial charge < -0.3 is 10.2 Å². The van der Waals surface area contributed by atoms with E-state index in [2.05, 4.69) is 10.4 Å². The number of hydrogen-bond donors (Lipinski definition) is 1. The highest BCUT2D eigenvalue weighted by atomic mass is 16.2. The Labute approximate surface area is 186 Å². The molecule has 0 radical (unpaired) electrons. The number of nitrogens with one attached hydrogen (secondary N) is 1. The van der Waals surface area contributed by atoms with Crippen LogP contribution in [0.3, 0.4) is 0 Å². The fourth-order valence-electron chi connectivity index (χ4n) is 4.27. The van der Waals surface area contributed by atoms with E-state index in [4.69, 9.17) is 0 Å². The number of anilines is 1. The molecule has 0 saturated carbocycles. The zero-order valence-corrected chi connectivity index (χ0v) is 17.6. The minimum atomic E-state index is -0.131. The molecule has 0 atom stereocenters. The van der Waals surface area contributed by atoms with Crippen LogP contribution >= 0.6 is 0 Å². The van der Waals surface area contributed by atoms with Crippen molar-refractivity contribution in [2.24, 2.45) is 5.92 Å². The van der Waals surface area contributed by atoms with Crippen LogP contribution in [-0.4, -0.2) is 39.6 Å². The van der Waals surface area contributed by atoms with Gasteiger partial charge in [-0.05, 0) is 41.8 Å². The van der Waals surface area contributed by atoms with Gasteiger partial charge in [0.05, 0.1) is 5.69 Å². The summed E-state index contributed by atoms with van der Waals surface area (Å²) in [5, 5.41) is 9.40. The summed E-state index contributed by atoms with van der Waals surface area (Å²) in [6.07, 6.45) is 3.11. The molecule has 1 saturated heterocycles. The van der Waals surface area contributed by atoms with Crippen LogP contribution < -0.4 is 5.32 Å². The molecule has 0 unspecified atom stereocenters. The molecule has 4 aromatic rings. The number of hydrogen-bond acceptors (Lipinski definition) is 3. The van der Waals surface area contributed by atoms with Crippen LogP contribution in [0, 0.1) is 5.92 Å². The maximum Gasteiger partial charge on any atom is 0.254 e. The first-order chi connectivity index (χ1) is 15.7. The van der Waals surface area contributed by atoms with Gasteiger partial charge in [-0.15, -0.1) is 0 Å². The summed E-state index contributed by atoms with van der Waals surface area (Å²) < 4.78 is 1.74. The molecule has 1 aromatic heterocycles. The van der Waals surface area contributed by atoms with E-state index in [1.54, 1.807) is 10.7 Å². The molecular weight excluding hydrogens is 400 g/mol. The zero-order valence-electron chi connectivity index (χ0n) is 17.6. The lowest BCUT2D eigenvalue weighted by Crippen LogP contribution is -2.41. The van der Waals surface area contributed by atoms with Crippen molar-refractivity contribution in [3.63, 3.8) is 0 Å². The number of likely N-dealkylation sites (tertiary alicyclic amines) is 1. The van der Waals surface area contributed by atoms with Crippen LogP contribution in [0.1, 0.15) is 23.2 Å². The Morgan fingerprint density at radius 3 is 2.38 bits per heavy atom. The first-order valence-electron chi connectivity index (χ1n) is 10.9. The Bertz CT molecular complexity index is 1250. The van der Waals surface area contributed by atoms with E-state index in [-0.39, 0.29) is 17.7 Å². The van der Waals surface area contributed by atoms with Crippen molar-refractivity contribution in [1.29, 1.82) is 0 Å². The number of carbonyl (C=O) groups is 2. The highest BCUT2D eigenvalue weighted by Gasteiger charge is 2.28. The topological polar surface area (TPSA) is 67.2 Å². The van der Waals surface area contributed by atoms with Gasteiger partial charge in [-0.3, -0.25) is 9.59 Å². The molecule has 1 aliphatic heterocycles. The summed E-state index contributed by atoms with van der Waals surface area (Å²) >= 11 is 0. The van der Waals surface area contributed by atoms with Crippen molar-refractivity contribution in [3.05, 3.63) is 90.6 Å². The smallest absolute Gasteiger partial charge is 0.254 e. The van der Waals surface area contributed by atoms with E-state index in [9.17, 15) is 9.59 Å². The fraction of sp³-hybridized carbons (Fsp3) is 0.192. The van der Waals surface area contributed by atoms with E-state index in [1.165, 1.54) is 0 Å². The minimum Gasteiger partial charge on any atom is -0.339 e. The number of aromatic nitrogens is 2. The summed E-state index contributed by atoms with van der Waals surface area (Å²) in [5.74, 6) is 0.393. The molecule has 2 heterocycles. The molecule has 0 spiro atoms. The Hall–Kier alpha value is -3.93. The summed E-state index contributed by atoms with van der Waals surface area (Å²) in [5.41, 5.74) is 1.66. The van der Waals surface area contributed by atoms with E-state index in [0.29, 0.717) is 31.7 Å². The summed E-state index contributed by atoms with van der Waals surface area (Å²) in [4.78, 5) is 27.8. The van der Waals surface area contributed by atoms with E-state index in [1.807, 2.05) is 83.9 Å². The SMILES string of the molecule is O=C(Nc1ccn(-c2ccccc2)n1)C1CCN(C(=O)c2cccc3ccccc23)CC1. The predicted octanol–water partition coefficient (Wildman–Crippen LogP) is 4.52. The van der Waals surface area contributed by atoms with Gasteiger partial charge in [-0.1, -0.05) is 54.6 Å².